The Balaban J connectivity index is 2.29. The standard InChI is InChI=1S/C10H11ClIN3O2S2/c1-19(16)10-9-7(4-8(11)14-10)15(5-13-9)6-17-2-3-18-12/h4-5H,2-3,6H2,1H3. The molecular weight excluding hydrogens is 421 g/mol. The van der Waals surface area contributed by atoms with Crippen molar-refractivity contribution in [1.29, 1.82) is 0 Å². The summed E-state index contributed by atoms with van der Waals surface area (Å²) >= 11 is 8.18. The molecule has 0 aromatic carbocycles. The lowest BCUT2D eigenvalue weighted by Crippen LogP contribution is -2.04. The number of hydrogen-bond acceptors (Lipinski definition) is 5. The van der Waals surface area contributed by atoms with E-state index in [1.54, 1.807) is 27.6 Å². The Morgan fingerprint density at radius 3 is 3.11 bits per heavy atom. The Morgan fingerprint density at radius 1 is 1.63 bits per heavy atom. The number of aromatic nitrogens is 3. The summed E-state index contributed by atoms with van der Waals surface area (Å²) in [5, 5.41) is 0.714. The van der Waals surface area contributed by atoms with Crippen molar-refractivity contribution in [2.45, 2.75) is 11.8 Å². The van der Waals surface area contributed by atoms with Crippen molar-refractivity contribution in [3.8, 4) is 0 Å². The van der Waals surface area contributed by atoms with Gasteiger partial charge < -0.3 is 9.30 Å². The number of fused-ring (bicyclic) bond motifs is 1. The average molecular weight is 432 g/mol. The summed E-state index contributed by atoms with van der Waals surface area (Å²) in [5.74, 6) is 0.930. The first-order valence-electron chi connectivity index (χ1n) is 5.29. The number of pyridine rings is 1. The van der Waals surface area contributed by atoms with Crippen molar-refractivity contribution in [2.24, 2.45) is 0 Å². The first-order chi connectivity index (χ1) is 9.13. The van der Waals surface area contributed by atoms with Crippen molar-refractivity contribution in [1.82, 2.24) is 14.5 Å². The van der Waals surface area contributed by atoms with Gasteiger partial charge >= 0.3 is 0 Å². The zero-order chi connectivity index (χ0) is 13.8. The summed E-state index contributed by atoms with van der Waals surface area (Å²) in [7, 11) is 0.474. The third-order valence-corrected chi connectivity index (χ3v) is 5.02. The third kappa shape index (κ3) is 3.81. The number of halogens is 2. The summed E-state index contributed by atoms with van der Waals surface area (Å²) in [6.45, 7) is 1.06. The molecule has 0 aliphatic heterocycles. The van der Waals surface area contributed by atoms with Gasteiger partial charge in [0.15, 0.2) is 5.03 Å². The van der Waals surface area contributed by atoms with Crippen LogP contribution in [0.15, 0.2) is 17.4 Å². The summed E-state index contributed by atoms with van der Waals surface area (Å²) in [4.78, 5) is 8.31. The summed E-state index contributed by atoms with van der Waals surface area (Å²) in [6.07, 6.45) is 3.21. The van der Waals surface area contributed by atoms with E-state index in [0.29, 0.717) is 29.0 Å². The Morgan fingerprint density at radius 2 is 2.42 bits per heavy atom. The molecule has 1 unspecified atom stereocenters. The molecule has 0 bridgehead atoms. The minimum atomic E-state index is -1.23. The van der Waals surface area contributed by atoms with Crippen molar-refractivity contribution >= 4 is 63.6 Å². The molecule has 0 amide bonds. The number of rotatable bonds is 6. The fraction of sp³-hybridized carbons (Fsp3) is 0.400. The Hall–Kier alpha value is 0.1000. The van der Waals surface area contributed by atoms with Gasteiger partial charge in [-0.1, -0.05) is 20.5 Å². The Bertz CT molecular complexity index is 608. The predicted molar refractivity (Wildman–Crippen MR) is 87.3 cm³/mol. The van der Waals surface area contributed by atoms with Crippen molar-refractivity contribution in [3.63, 3.8) is 0 Å². The van der Waals surface area contributed by atoms with Crippen LogP contribution in [0.25, 0.3) is 11.0 Å². The monoisotopic (exact) mass is 431 g/mol. The van der Waals surface area contributed by atoms with E-state index in [2.05, 4.69) is 31.2 Å². The van der Waals surface area contributed by atoms with Gasteiger partial charge in [0, 0.05) is 18.1 Å². The van der Waals surface area contributed by atoms with E-state index in [9.17, 15) is 4.21 Å². The highest BCUT2D eigenvalue weighted by Gasteiger charge is 2.13. The maximum Gasteiger partial charge on any atom is 0.156 e. The van der Waals surface area contributed by atoms with Crippen LogP contribution >= 0.6 is 41.7 Å². The van der Waals surface area contributed by atoms with Gasteiger partial charge in [-0.3, -0.25) is 4.21 Å². The SMILES string of the molecule is CS(=O)c1nc(Cl)cc2c1ncn2COCCSI. The van der Waals surface area contributed by atoms with E-state index < -0.39 is 10.8 Å². The molecule has 9 heteroatoms. The topological polar surface area (TPSA) is 57.0 Å². The van der Waals surface area contributed by atoms with Crippen LogP contribution in [0.1, 0.15) is 0 Å². The van der Waals surface area contributed by atoms with Crippen LogP contribution in [0.4, 0.5) is 0 Å². The van der Waals surface area contributed by atoms with Gasteiger partial charge in [0.25, 0.3) is 0 Å². The van der Waals surface area contributed by atoms with Crippen LogP contribution in [0.5, 0.6) is 0 Å². The molecule has 19 heavy (non-hydrogen) atoms. The molecule has 0 radical (unpaired) electrons. The highest BCUT2D eigenvalue weighted by molar-refractivity contribution is 14.2. The van der Waals surface area contributed by atoms with Gasteiger partial charge in [-0.15, -0.1) is 0 Å². The fourth-order valence-electron chi connectivity index (χ4n) is 1.56. The fourth-order valence-corrected chi connectivity index (χ4v) is 3.17. The largest absolute Gasteiger partial charge is 0.360 e. The predicted octanol–water partition coefficient (Wildman–Crippen LogP) is 2.88. The molecule has 2 rings (SSSR count). The number of ether oxygens (including phenoxy) is 1. The minimum Gasteiger partial charge on any atom is -0.360 e. The molecule has 0 saturated carbocycles. The van der Waals surface area contributed by atoms with Crippen LogP contribution in [0.2, 0.25) is 5.15 Å². The zero-order valence-electron chi connectivity index (χ0n) is 10.0. The maximum atomic E-state index is 11.6. The molecule has 2 heterocycles. The second-order valence-electron chi connectivity index (χ2n) is 3.64. The van der Waals surface area contributed by atoms with Crippen LogP contribution in [-0.2, 0) is 22.3 Å². The summed E-state index contributed by atoms with van der Waals surface area (Å²) in [6, 6.07) is 1.71. The van der Waals surface area contributed by atoms with Crippen LogP contribution in [0, 0.1) is 0 Å². The van der Waals surface area contributed by atoms with Gasteiger partial charge in [0.1, 0.15) is 17.4 Å². The molecule has 0 aliphatic carbocycles. The number of hydrogen-bond donors (Lipinski definition) is 0. The third-order valence-electron chi connectivity index (χ3n) is 2.35. The smallest absolute Gasteiger partial charge is 0.156 e. The molecule has 2 aromatic rings. The van der Waals surface area contributed by atoms with E-state index in [-0.39, 0.29) is 0 Å². The Labute approximate surface area is 134 Å². The van der Waals surface area contributed by atoms with E-state index in [4.69, 9.17) is 16.3 Å². The molecular formula is C10H11ClIN3O2S2. The molecule has 0 aliphatic rings. The first kappa shape index (κ1) is 15.5. The van der Waals surface area contributed by atoms with Crippen LogP contribution in [-0.4, -0.2) is 37.4 Å². The molecule has 0 N–H and O–H groups in total. The molecule has 0 spiro atoms. The molecule has 0 fully saturated rings. The summed E-state index contributed by atoms with van der Waals surface area (Å²) in [5.41, 5.74) is 1.39. The second kappa shape index (κ2) is 7.21. The molecule has 0 saturated heterocycles. The van der Waals surface area contributed by atoms with E-state index in [0.717, 1.165) is 11.3 Å². The lowest BCUT2D eigenvalue weighted by molar-refractivity contribution is 0.0927. The highest BCUT2D eigenvalue weighted by Crippen LogP contribution is 2.22. The van der Waals surface area contributed by atoms with Crippen LogP contribution < -0.4 is 0 Å². The quantitative estimate of drug-likeness (QED) is 0.400. The highest BCUT2D eigenvalue weighted by atomic mass is 127. The normalized spacial score (nSPS) is 13.0. The van der Waals surface area contributed by atoms with Crippen molar-refractivity contribution in [3.05, 3.63) is 17.5 Å². The van der Waals surface area contributed by atoms with Crippen LogP contribution in [0.3, 0.4) is 0 Å². The average Bonchev–Trinajstić information content (AvgIpc) is 2.76. The van der Waals surface area contributed by atoms with E-state index >= 15 is 0 Å². The van der Waals surface area contributed by atoms with Crippen molar-refractivity contribution in [2.75, 3.05) is 18.6 Å². The molecule has 5 nitrogen and oxygen atoms in total. The van der Waals surface area contributed by atoms with Gasteiger partial charge in [-0.2, -0.15) is 0 Å². The van der Waals surface area contributed by atoms with Gasteiger partial charge in [0.2, 0.25) is 0 Å². The van der Waals surface area contributed by atoms with Gasteiger partial charge in [-0.05, 0) is 21.2 Å². The van der Waals surface area contributed by atoms with Gasteiger partial charge in [0.05, 0.1) is 29.3 Å². The number of nitrogens with zero attached hydrogens (tertiary/aromatic N) is 3. The molecule has 2 aromatic heterocycles. The lowest BCUT2D eigenvalue weighted by atomic mass is 10.4. The van der Waals surface area contributed by atoms with E-state index in [1.165, 1.54) is 0 Å². The van der Waals surface area contributed by atoms with Crippen molar-refractivity contribution < 1.29 is 8.95 Å². The summed E-state index contributed by atoms with van der Waals surface area (Å²) < 4.78 is 19.0. The first-order valence-corrected chi connectivity index (χ1v) is 10.8. The van der Waals surface area contributed by atoms with Gasteiger partial charge in [-0.25, -0.2) is 9.97 Å². The number of imidazole rings is 1. The zero-order valence-corrected chi connectivity index (χ0v) is 14.6. The lowest BCUT2D eigenvalue weighted by Gasteiger charge is -2.06. The minimum absolute atomic E-state index is 0.308. The molecule has 1 atom stereocenters. The second-order valence-corrected chi connectivity index (χ2v) is 7.81. The maximum absolute atomic E-state index is 11.6. The Kier molecular flexibility index (Phi) is 5.87. The molecule has 104 valence electrons. The van der Waals surface area contributed by atoms with E-state index in [1.807, 2.05) is 4.57 Å².